The number of rotatable bonds is 5. The minimum Gasteiger partial charge on any atom is -0.492 e. The van der Waals surface area contributed by atoms with E-state index in [1.165, 1.54) is 25.9 Å². The van der Waals surface area contributed by atoms with Gasteiger partial charge in [0.15, 0.2) is 0 Å². The van der Waals surface area contributed by atoms with Crippen molar-refractivity contribution >= 4 is 31.9 Å². The molecule has 1 atom stereocenters. The Kier molecular flexibility index (Phi) is 6.17. The minimum atomic E-state index is 0.647. The molecule has 106 valence electrons. The largest absolute Gasteiger partial charge is 0.492 e. The third-order valence-electron chi connectivity index (χ3n) is 3.77. The van der Waals surface area contributed by atoms with Crippen LogP contribution in [0.4, 0.5) is 0 Å². The summed E-state index contributed by atoms with van der Waals surface area (Å²) in [6.45, 7) is 6.46. The summed E-state index contributed by atoms with van der Waals surface area (Å²) in [6, 6.07) is 8.03. The van der Waals surface area contributed by atoms with Gasteiger partial charge < -0.3 is 4.74 Å². The van der Waals surface area contributed by atoms with E-state index in [0.717, 1.165) is 29.3 Å². The average molecular weight is 391 g/mol. The predicted molar refractivity (Wildman–Crippen MR) is 87.2 cm³/mol. The number of nitrogens with zero attached hydrogens (tertiary/aromatic N) is 1. The van der Waals surface area contributed by atoms with Gasteiger partial charge in [0.2, 0.25) is 0 Å². The number of alkyl halides is 1. The van der Waals surface area contributed by atoms with Gasteiger partial charge in [-0.1, -0.05) is 38.8 Å². The van der Waals surface area contributed by atoms with E-state index in [0.29, 0.717) is 4.83 Å². The van der Waals surface area contributed by atoms with Gasteiger partial charge in [0, 0.05) is 15.8 Å². The molecular formula is C15H21Br2NO. The normalized spacial score (nSPS) is 19.3. The highest BCUT2D eigenvalue weighted by molar-refractivity contribution is 9.10. The van der Waals surface area contributed by atoms with E-state index in [1.54, 1.807) is 0 Å². The van der Waals surface area contributed by atoms with Crippen LogP contribution in [0.1, 0.15) is 19.8 Å². The van der Waals surface area contributed by atoms with Gasteiger partial charge in [0.1, 0.15) is 12.4 Å². The summed E-state index contributed by atoms with van der Waals surface area (Å²) in [5.41, 5.74) is 0. The fourth-order valence-corrected chi connectivity index (χ4v) is 3.25. The first-order valence-corrected chi connectivity index (χ1v) is 8.61. The van der Waals surface area contributed by atoms with Gasteiger partial charge in [-0.05, 0) is 56.1 Å². The summed E-state index contributed by atoms with van der Waals surface area (Å²) in [5, 5.41) is 0. The van der Waals surface area contributed by atoms with Crippen molar-refractivity contribution in [3.05, 3.63) is 28.7 Å². The highest BCUT2D eigenvalue weighted by Gasteiger charge is 2.21. The molecule has 1 heterocycles. The van der Waals surface area contributed by atoms with Crippen molar-refractivity contribution in [2.75, 3.05) is 26.2 Å². The van der Waals surface area contributed by atoms with Crippen LogP contribution in [-0.4, -0.2) is 36.0 Å². The molecule has 1 aliphatic rings. The summed E-state index contributed by atoms with van der Waals surface area (Å²) in [6.07, 6.45) is 2.59. The fourth-order valence-electron chi connectivity index (χ4n) is 2.46. The van der Waals surface area contributed by atoms with Crippen LogP contribution in [-0.2, 0) is 0 Å². The Morgan fingerprint density at radius 1 is 1.26 bits per heavy atom. The van der Waals surface area contributed by atoms with E-state index in [2.05, 4.69) is 43.7 Å². The van der Waals surface area contributed by atoms with E-state index in [9.17, 15) is 0 Å². The number of ether oxygens (including phenoxy) is 1. The smallest absolute Gasteiger partial charge is 0.119 e. The molecule has 1 aromatic carbocycles. The molecule has 2 nitrogen and oxygen atoms in total. The van der Waals surface area contributed by atoms with Crippen LogP contribution in [0.15, 0.2) is 28.7 Å². The number of hydrogen-bond acceptors (Lipinski definition) is 2. The Balaban J connectivity index is 1.65. The SMILES string of the molecule is CC(Br)C1CCN(CCOc2ccc(Br)cc2)CC1. The summed E-state index contributed by atoms with van der Waals surface area (Å²) in [4.78, 5) is 3.15. The minimum absolute atomic E-state index is 0.647. The molecule has 19 heavy (non-hydrogen) atoms. The van der Waals surface area contributed by atoms with Crippen molar-refractivity contribution in [3.8, 4) is 5.75 Å². The van der Waals surface area contributed by atoms with Crippen molar-refractivity contribution in [2.45, 2.75) is 24.6 Å². The van der Waals surface area contributed by atoms with Crippen LogP contribution in [0.5, 0.6) is 5.75 Å². The molecule has 1 fully saturated rings. The van der Waals surface area contributed by atoms with E-state index in [1.807, 2.05) is 24.3 Å². The van der Waals surface area contributed by atoms with Crippen molar-refractivity contribution in [3.63, 3.8) is 0 Å². The van der Waals surface area contributed by atoms with E-state index in [4.69, 9.17) is 4.74 Å². The molecule has 0 aliphatic carbocycles. The zero-order valence-corrected chi connectivity index (χ0v) is 14.5. The van der Waals surface area contributed by atoms with Gasteiger partial charge >= 0.3 is 0 Å². The number of benzene rings is 1. The van der Waals surface area contributed by atoms with Crippen molar-refractivity contribution in [1.29, 1.82) is 0 Å². The lowest BCUT2D eigenvalue weighted by Crippen LogP contribution is -2.38. The maximum atomic E-state index is 5.77. The number of likely N-dealkylation sites (tertiary alicyclic amines) is 1. The third kappa shape index (κ3) is 5.09. The van der Waals surface area contributed by atoms with Gasteiger partial charge in [-0.3, -0.25) is 4.90 Å². The number of piperidine rings is 1. The second-order valence-electron chi connectivity index (χ2n) is 5.16. The predicted octanol–water partition coefficient (Wildman–Crippen LogP) is 4.32. The van der Waals surface area contributed by atoms with Crippen molar-refractivity contribution in [1.82, 2.24) is 4.90 Å². The Morgan fingerprint density at radius 2 is 1.89 bits per heavy atom. The Morgan fingerprint density at radius 3 is 2.47 bits per heavy atom. The molecule has 0 N–H and O–H groups in total. The highest BCUT2D eigenvalue weighted by atomic mass is 79.9. The molecule has 0 spiro atoms. The molecular weight excluding hydrogens is 370 g/mol. The second kappa shape index (κ2) is 7.65. The van der Waals surface area contributed by atoms with Crippen LogP contribution in [0.25, 0.3) is 0 Å². The third-order valence-corrected chi connectivity index (χ3v) is 5.05. The molecule has 0 bridgehead atoms. The molecule has 0 amide bonds. The molecule has 0 radical (unpaired) electrons. The first kappa shape index (κ1) is 15.3. The van der Waals surface area contributed by atoms with Crippen LogP contribution in [0, 0.1) is 5.92 Å². The van der Waals surface area contributed by atoms with E-state index in [-0.39, 0.29) is 0 Å². The Labute approximate surface area is 132 Å². The summed E-state index contributed by atoms with van der Waals surface area (Å²) >= 11 is 7.12. The van der Waals surface area contributed by atoms with Crippen LogP contribution in [0.3, 0.4) is 0 Å². The maximum Gasteiger partial charge on any atom is 0.119 e. The zero-order chi connectivity index (χ0) is 13.7. The van der Waals surface area contributed by atoms with Gasteiger partial charge in [0.25, 0.3) is 0 Å². The maximum absolute atomic E-state index is 5.77. The quantitative estimate of drug-likeness (QED) is 0.694. The fraction of sp³-hybridized carbons (Fsp3) is 0.600. The van der Waals surface area contributed by atoms with Gasteiger partial charge in [-0.15, -0.1) is 0 Å². The van der Waals surface area contributed by atoms with Gasteiger partial charge in [-0.2, -0.15) is 0 Å². The van der Waals surface area contributed by atoms with Crippen LogP contribution >= 0.6 is 31.9 Å². The molecule has 1 saturated heterocycles. The topological polar surface area (TPSA) is 12.5 Å². The first-order chi connectivity index (χ1) is 9.15. The second-order valence-corrected chi connectivity index (χ2v) is 7.52. The molecule has 4 heteroatoms. The Bertz CT molecular complexity index is 372. The first-order valence-electron chi connectivity index (χ1n) is 6.90. The standard InChI is InChI=1S/C15H21Br2NO/c1-12(16)13-6-8-18(9-7-13)10-11-19-15-4-2-14(17)3-5-15/h2-5,12-13H,6-11H2,1H3. The lowest BCUT2D eigenvalue weighted by Gasteiger charge is -2.33. The lowest BCUT2D eigenvalue weighted by atomic mass is 9.94. The molecule has 2 rings (SSSR count). The molecule has 1 aromatic rings. The number of halogens is 2. The van der Waals surface area contributed by atoms with E-state index < -0.39 is 0 Å². The Hall–Kier alpha value is -0.0600. The van der Waals surface area contributed by atoms with Crippen LogP contribution in [0.2, 0.25) is 0 Å². The monoisotopic (exact) mass is 389 g/mol. The zero-order valence-electron chi connectivity index (χ0n) is 11.3. The molecule has 1 unspecified atom stereocenters. The van der Waals surface area contributed by atoms with Crippen LogP contribution < -0.4 is 4.74 Å². The number of hydrogen-bond donors (Lipinski definition) is 0. The summed E-state index contributed by atoms with van der Waals surface area (Å²) in [7, 11) is 0. The molecule has 1 aliphatic heterocycles. The van der Waals surface area contributed by atoms with E-state index >= 15 is 0 Å². The summed E-state index contributed by atoms with van der Waals surface area (Å²) in [5.74, 6) is 1.79. The summed E-state index contributed by atoms with van der Waals surface area (Å²) < 4.78 is 6.85. The van der Waals surface area contributed by atoms with Gasteiger partial charge in [0.05, 0.1) is 0 Å². The van der Waals surface area contributed by atoms with Crippen molar-refractivity contribution < 1.29 is 4.74 Å². The average Bonchev–Trinajstić information content (AvgIpc) is 2.41. The molecule has 0 saturated carbocycles. The van der Waals surface area contributed by atoms with Gasteiger partial charge in [-0.25, -0.2) is 0 Å². The molecule has 0 aromatic heterocycles. The highest BCUT2D eigenvalue weighted by Crippen LogP contribution is 2.24. The van der Waals surface area contributed by atoms with Crippen molar-refractivity contribution in [2.24, 2.45) is 5.92 Å². The lowest BCUT2D eigenvalue weighted by molar-refractivity contribution is 0.155.